The second kappa shape index (κ2) is 6.45. The van der Waals surface area contributed by atoms with Crippen LogP contribution in [0.4, 0.5) is 4.39 Å². The summed E-state index contributed by atoms with van der Waals surface area (Å²) in [4.78, 5) is 7.45. The Kier molecular flexibility index (Phi) is 4.65. The third-order valence-corrected chi connectivity index (χ3v) is 2.74. The Bertz CT molecular complexity index is 519. The van der Waals surface area contributed by atoms with E-state index in [1.54, 1.807) is 13.3 Å². The number of hydrogen-bond acceptors (Lipinski definition) is 3. The molecule has 0 saturated heterocycles. The van der Waals surface area contributed by atoms with E-state index >= 15 is 0 Å². The summed E-state index contributed by atoms with van der Waals surface area (Å²) < 4.78 is 18.3. The van der Waals surface area contributed by atoms with Crippen molar-refractivity contribution < 1.29 is 9.13 Å². The maximum atomic E-state index is 13.3. The van der Waals surface area contributed by atoms with Gasteiger partial charge in [0, 0.05) is 37.7 Å². The highest BCUT2D eigenvalue weighted by Gasteiger charge is 2.05. The van der Waals surface area contributed by atoms with E-state index in [-0.39, 0.29) is 5.82 Å². The quantitative estimate of drug-likeness (QED) is 0.786. The topological polar surface area (TPSA) is 49.9 Å². The Labute approximate surface area is 112 Å². The first-order valence-electron chi connectivity index (χ1n) is 6.20. The number of halogens is 1. The minimum atomic E-state index is -0.244. The minimum absolute atomic E-state index is 0.244. The second-order valence-electron chi connectivity index (χ2n) is 4.44. The first-order valence-corrected chi connectivity index (χ1v) is 6.20. The SMILES string of the molecule is COCCNCc1cnc(-c2cc(C)cc(F)c2)[nH]1. The van der Waals surface area contributed by atoms with E-state index in [9.17, 15) is 4.39 Å². The molecule has 1 aromatic carbocycles. The number of nitrogens with zero attached hydrogens (tertiary/aromatic N) is 1. The fraction of sp³-hybridized carbons (Fsp3) is 0.357. The standard InChI is InChI=1S/C14H18FN3O/c1-10-5-11(7-12(15)6-10)14-17-9-13(18-14)8-16-3-4-19-2/h5-7,9,16H,3-4,8H2,1-2H3,(H,17,18). The van der Waals surface area contributed by atoms with Crippen LogP contribution in [-0.2, 0) is 11.3 Å². The van der Waals surface area contributed by atoms with Crippen molar-refractivity contribution in [1.82, 2.24) is 15.3 Å². The molecule has 2 aromatic rings. The number of nitrogens with one attached hydrogen (secondary N) is 2. The molecule has 5 heteroatoms. The van der Waals surface area contributed by atoms with E-state index in [2.05, 4.69) is 15.3 Å². The molecule has 0 spiro atoms. The second-order valence-corrected chi connectivity index (χ2v) is 4.44. The number of aromatic amines is 1. The number of hydrogen-bond donors (Lipinski definition) is 2. The molecule has 1 aromatic heterocycles. The molecule has 2 N–H and O–H groups in total. The predicted octanol–water partition coefficient (Wildman–Crippen LogP) is 2.26. The Balaban J connectivity index is 2.03. The third-order valence-electron chi connectivity index (χ3n) is 2.74. The lowest BCUT2D eigenvalue weighted by Crippen LogP contribution is -2.18. The van der Waals surface area contributed by atoms with Crippen LogP contribution in [0.5, 0.6) is 0 Å². The number of ether oxygens (including phenoxy) is 1. The van der Waals surface area contributed by atoms with Gasteiger partial charge in [-0.25, -0.2) is 9.37 Å². The average Bonchev–Trinajstić information content (AvgIpc) is 2.82. The number of aryl methyl sites for hydroxylation is 1. The molecule has 0 fully saturated rings. The van der Waals surface area contributed by atoms with Crippen molar-refractivity contribution in [2.45, 2.75) is 13.5 Å². The monoisotopic (exact) mass is 263 g/mol. The zero-order valence-corrected chi connectivity index (χ0v) is 11.2. The van der Waals surface area contributed by atoms with Gasteiger partial charge in [0.05, 0.1) is 6.61 Å². The van der Waals surface area contributed by atoms with Crippen molar-refractivity contribution in [2.24, 2.45) is 0 Å². The molecule has 0 aliphatic heterocycles. The molecule has 0 unspecified atom stereocenters. The Morgan fingerprint density at radius 1 is 1.37 bits per heavy atom. The van der Waals surface area contributed by atoms with Gasteiger partial charge in [-0.15, -0.1) is 0 Å². The molecule has 1 heterocycles. The van der Waals surface area contributed by atoms with Gasteiger partial charge >= 0.3 is 0 Å². The van der Waals surface area contributed by atoms with Crippen LogP contribution in [-0.4, -0.2) is 30.2 Å². The Hall–Kier alpha value is -1.72. The van der Waals surface area contributed by atoms with Gasteiger partial charge in [0.15, 0.2) is 0 Å². The predicted molar refractivity (Wildman–Crippen MR) is 72.3 cm³/mol. The van der Waals surface area contributed by atoms with Crippen molar-refractivity contribution in [1.29, 1.82) is 0 Å². The van der Waals surface area contributed by atoms with Gasteiger partial charge in [0.1, 0.15) is 11.6 Å². The molecule has 19 heavy (non-hydrogen) atoms. The Morgan fingerprint density at radius 3 is 2.95 bits per heavy atom. The first kappa shape index (κ1) is 13.7. The lowest BCUT2D eigenvalue weighted by atomic mass is 10.1. The fourth-order valence-corrected chi connectivity index (χ4v) is 1.87. The Morgan fingerprint density at radius 2 is 2.21 bits per heavy atom. The highest BCUT2D eigenvalue weighted by Crippen LogP contribution is 2.18. The van der Waals surface area contributed by atoms with Crippen LogP contribution in [0.2, 0.25) is 0 Å². The van der Waals surface area contributed by atoms with Gasteiger partial charge in [-0.05, 0) is 30.7 Å². The van der Waals surface area contributed by atoms with Crippen LogP contribution >= 0.6 is 0 Å². The highest BCUT2D eigenvalue weighted by atomic mass is 19.1. The van der Waals surface area contributed by atoms with Crippen LogP contribution in [0.25, 0.3) is 11.4 Å². The van der Waals surface area contributed by atoms with Gasteiger partial charge < -0.3 is 15.0 Å². The van der Waals surface area contributed by atoms with E-state index in [0.29, 0.717) is 19.0 Å². The van der Waals surface area contributed by atoms with Gasteiger partial charge in [0.2, 0.25) is 0 Å². The van der Waals surface area contributed by atoms with Crippen molar-refractivity contribution >= 4 is 0 Å². The van der Waals surface area contributed by atoms with Crippen molar-refractivity contribution in [3.05, 3.63) is 41.5 Å². The van der Waals surface area contributed by atoms with Crippen LogP contribution in [0.15, 0.2) is 24.4 Å². The fourth-order valence-electron chi connectivity index (χ4n) is 1.87. The van der Waals surface area contributed by atoms with Gasteiger partial charge in [-0.2, -0.15) is 0 Å². The van der Waals surface area contributed by atoms with Crippen LogP contribution < -0.4 is 5.32 Å². The number of H-pyrrole nitrogens is 1. The lowest BCUT2D eigenvalue weighted by Gasteiger charge is -2.02. The summed E-state index contributed by atoms with van der Waals surface area (Å²) in [7, 11) is 1.67. The number of rotatable bonds is 6. The van der Waals surface area contributed by atoms with E-state index < -0.39 is 0 Å². The molecule has 0 radical (unpaired) electrons. The summed E-state index contributed by atoms with van der Waals surface area (Å²) in [6.07, 6.45) is 1.76. The van der Waals surface area contributed by atoms with Crippen molar-refractivity contribution in [3.63, 3.8) is 0 Å². The molecular weight excluding hydrogens is 245 g/mol. The van der Waals surface area contributed by atoms with E-state index in [4.69, 9.17) is 4.74 Å². The maximum Gasteiger partial charge on any atom is 0.137 e. The number of imidazole rings is 1. The van der Waals surface area contributed by atoms with Crippen molar-refractivity contribution in [2.75, 3.05) is 20.3 Å². The summed E-state index contributed by atoms with van der Waals surface area (Å²) >= 11 is 0. The molecule has 0 aliphatic rings. The molecule has 0 saturated carbocycles. The molecule has 0 aliphatic carbocycles. The van der Waals surface area contributed by atoms with Gasteiger partial charge in [0.25, 0.3) is 0 Å². The summed E-state index contributed by atoms with van der Waals surface area (Å²) in [6, 6.07) is 4.89. The zero-order valence-electron chi connectivity index (χ0n) is 11.2. The summed E-state index contributed by atoms with van der Waals surface area (Å²) in [5, 5.41) is 3.22. The number of methoxy groups -OCH3 is 1. The minimum Gasteiger partial charge on any atom is -0.383 e. The zero-order chi connectivity index (χ0) is 13.7. The van der Waals surface area contributed by atoms with E-state index in [0.717, 1.165) is 23.4 Å². The largest absolute Gasteiger partial charge is 0.383 e. The van der Waals surface area contributed by atoms with Gasteiger partial charge in [-0.3, -0.25) is 0 Å². The molecule has 0 amide bonds. The first-order chi connectivity index (χ1) is 9.19. The molecular formula is C14H18FN3O. The molecule has 2 rings (SSSR count). The summed E-state index contributed by atoms with van der Waals surface area (Å²) in [5.74, 6) is 0.442. The summed E-state index contributed by atoms with van der Waals surface area (Å²) in [6.45, 7) is 4.00. The number of aromatic nitrogens is 2. The molecule has 0 bridgehead atoms. The number of benzene rings is 1. The normalized spacial score (nSPS) is 10.9. The van der Waals surface area contributed by atoms with Crippen LogP contribution in [0.3, 0.4) is 0 Å². The smallest absolute Gasteiger partial charge is 0.137 e. The van der Waals surface area contributed by atoms with Gasteiger partial charge in [-0.1, -0.05) is 0 Å². The molecule has 0 atom stereocenters. The summed E-state index contributed by atoms with van der Waals surface area (Å²) in [5.41, 5.74) is 2.61. The van der Waals surface area contributed by atoms with Crippen molar-refractivity contribution in [3.8, 4) is 11.4 Å². The van der Waals surface area contributed by atoms with Crippen LogP contribution in [0.1, 0.15) is 11.3 Å². The molecule has 102 valence electrons. The average molecular weight is 263 g/mol. The van der Waals surface area contributed by atoms with E-state index in [1.165, 1.54) is 12.1 Å². The maximum absolute atomic E-state index is 13.3. The highest BCUT2D eigenvalue weighted by molar-refractivity contribution is 5.56. The van der Waals surface area contributed by atoms with E-state index in [1.807, 2.05) is 13.0 Å². The molecule has 4 nitrogen and oxygen atoms in total. The van der Waals surface area contributed by atoms with Crippen LogP contribution in [0, 0.1) is 12.7 Å². The lowest BCUT2D eigenvalue weighted by molar-refractivity contribution is 0.199. The third kappa shape index (κ3) is 3.87.